The average Bonchev–Trinajstić information content (AvgIpc) is 2.18. The smallest absolute Gasteiger partial charge is 0.291 e. The number of isocyanates is 1. The Balaban J connectivity index is 3.23. The number of benzene rings is 1. The highest BCUT2D eigenvalue weighted by atomic mass is 35.5. The number of hydrogen-bond donors (Lipinski definition) is 0. The number of carbonyl (C=O) groups excluding carboxylic acids is 2. The van der Waals surface area contributed by atoms with Crippen LogP contribution < -0.4 is 4.74 Å². The van der Waals surface area contributed by atoms with E-state index >= 15 is 0 Å². The molecule has 0 aromatic heterocycles. The number of halogens is 1. The number of rotatable bonds is 2. The Labute approximate surface area is 85.2 Å². The third-order valence-electron chi connectivity index (χ3n) is 1.54. The second-order valence-corrected chi connectivity index (χ2v) is 2.79. The Kier molecular flexibility index (Phi) is 3.40. The number of hydrogen-bond acceptors (Lipinski definition) is 3. The summed E-state index contributed by atoms with van der Waals surface area (Å²) in [5, 5.41) is 0.371. The largest absolute Gasteiger partial charge is 0.496 e. The molecule has 1 aromatic rings. The number of carbonyl (C=O) groups is 1. The Hall–Kier alpha value is -1.64. The molecular weight excluding hydrogens is 206 g/mol. The van der Waals surface area contributed by atoms with Gasteiger partial charge in [-0.25, -0.2) is 4.79 Å². The number of amides is 1. The van der Waals surface area contributed by atoms with Gasteiger partial charge in [-0.1, -0.05) is 11.6 Å². The lowest BCUT2D eigenvalue weighted by atomic mass is 10.2. The maximum Gasteiger partial charge on any atom is 0.291 e. The van der Waals surface area contributed by atoms with Gasteiger partial charge in [0.1, 0.15) is 5.75 Å². The summed E-state index contributed by atoms with van der Waals surface area (Å²) in [6.45, 7) is 0. The minimum atomic E-state index is -0.723. The SMILES string of the molecule is COc1ccc(Cl)cc1C(=O)N=C=O. The molecule has 1 rings (SSSR count). The van der Waals surface area contributed by atoms with E-state index in [9.17, 15) is 9.59 Å². The fraction of sp³-hybridized carbons (Fsp3) is 0.111. The van der Waals surface area contributed by atoms with E-state index < -0.39 is 5.91 Å². The van der Waals surface area contributed by atoms with Crippen LogP contribution in [0.5, 0.6) is 5.75 Å². The molecule has 1 aromatic carbocycles. The van der Waals surface area contributed by atoms with E-state index in [1.165, 1.54) is 19.2 Å². The van der Waals surface area contributed by atoms with Crippen LogP contribution in [0.3, 0.4) is 0 Å². The van der Waals surface area contributed by atoms with E-state index in [-0.39, 0.29) is 5.56 Å². The van der Waals surface area contributed by atoms with Gasteiger partial charge in [0.05, 0.1) is 12.7 Å². The first-order valence-corrected chi connectivity index (χ1v) is 4.02. The molecule has 14 heavy (non-hydrogen) atoms. The number of nitrogens with zero attached hydrogens (tertiary/aromatic N) is 1. The van der Waals surface area contributed by atoms with Gasteiger partial charge in [-0.15, -0.1) is 4.99 Å². The number of aliphatic imine (C=N–C) groups is 1. The lowest BCUT2D eigenvalue weighted by Gasteiger charge is -2.04. The van der Waals surface area contributed by atoms with Crippen LogP contribution in [0.2, 0.25) is 5.02 Å². The summed E-state index contributed by atoms with van der Waals surface area (Å²) < 4.78 is 4.90. The van der Waals surface area contributed by atoms with Gasteiger partial charge in [0, 0.05) is 5.02 Å². The summed E-state index contributed by atoms with van der Waals surface area (Å²) in [4.78, 5) is 24.1. The molecule has 5 heteroatoms. The second-order valence-electron chi connectivity index (χ2n) is 2.35. The summed E-state index contributed by atoms with van der Waals surface area (Å²) in [7, 11) is 1.41. The van der Waals surface area contributed by atoms with Gasteiger partial charge in [0.15, 0.2) is 0 Å². The minimum Gasteiger partial charge on any atom is -0.496 e. The molecule has 72 valence electrons. The molecule has 4 nitrogen and oxygen atoms in total. The van der Waals surface area contributed by atoms with Crippen LogP contribution in [-0.2, 0) is 4.79 Å². The number of methoxy groups -OCH3 is 1. The van der Waals surface area contributed by atoms with Crippen LogP contribution in [0.25, 0.3) is 0 Å². The van der Waals surface area contributed by atoms with Crippen molar-refractivity contribution < 1.29 is 14.3 Å². The molecule has 0 saturated carbocycles. The van der Waals surface area contributed by atoms with Gasteiger partial charge in [0.2, 0.25) is 6.08 Å². The van der Waals surface area contributed by atoms with E-state index in [0.717, 1.165) is 6.08 Å². The quantitative estimate of drug-likeness (QED) is 0.554. The van der Waals surface area contributed by atoms with Gasteiger partial charge < -0.3 is 4.74 Å². The fourth-order valence-electron chi connectivity index (χ4n) is 0.949. The fourth-order valence-corrected chi connectivity index (χ4v) is 1.12. The van der Waals surface area contributed by atoms with Gasteiger partial charge in [0.25, 0.3) is 5.91 Å². The van der Waals surface area contributed by atoms with Crippen LogP contribution in [0.15, 0.2) is 23.2 Å². The van der Waals surface area contributed by atoms with E-state index in [4.69, 9.17) is 16.3 Å². The van der Waals surface area contributed by atoms with E-state index in [2.05, 4.69) is 4.99 Å². The summed E-state index contributed by atoms with van der Waals surface area (Å²) in [6, 6.07) is 4.47. The standard InChI is InChI=1S/C9H6ClNO3/c1-14-8-3-2-6(10)4-7(8)9(13)11-5-12/h2-4H,1H3. The molecule has 0 bridgehead atoms. The Morgan fingerprint density at radius 1 is 1.57 bits per heavy atom. The monoisotopic (exact) mass is 211 g/mol. The van der Waals surface area contributed by atoms with E-state index in [1.54, 1.807) is 6.07 Å². The van der Waals surface area contributed by atoms with Gasteiger partial charge in [-0.3, -0.25) is 4.79 Å². The second kappa shape index (κ2) is 4.56. The van der Waals surface area contributed by atoms with Crippen LogP contribution >= 0.6 is 11.6 Å². The van der Waals surface area contributed by atoms with Crippen molar-refractivity contribution in [3.63, 3.8) is 0 Å². The molecular formula is C9H6ClNO3. The molecule has 0 spiro atoms. The summed E-state index contributed by atoms with van der Waals surface area (Å²) in [5.41, 5.74) is 0.142. The Bertz CT molecular complexity index is 411. The molecule has 0 aliphatic carbocycles. The summed E-state index contributed by atoms with van der Waals surface area (Å²) >= 11 is 5.67. The van der Waals surface area contributed by atoms with Crippen molar-refractivity contribution >= 4 is 23.6 Å². The maximum absolute atomic E-state index is 11.2. The highest BCUT2D eigenvalue weighted by Gasteiger charge is 2.11. The first kappa shape index (κ1) is 10.4. The van der Waals surface area contributed by atoms with Crippen molar-refractivity contribution in [2.45, 2.75) is 0 Å². The van der Waals surface area contributed by atoms with Crippen molar-refractivity contribution in [3.8, 4) is 5.75 Å². The lowest BCUT2D eigenvalue weighted by molar-refractivity contribution is 0.1000. The zero-order valence-electron chi connectivity index (χ0n) is 7.28. The van der Waals surface area contributed by atoms with Crippen LogP contribution in [0, 0.1) is 0 Å². The predicted octanol–water partition coefficient (Wildman–Crippen LogP) is 1.82. The maximum atomic E-state index is 11.2. The van der Waals surface area contributed by atoms with Crippen molar-refractivity contribution in [2.24, 2.45) is 4.99 Å². The Morgan fingerprint density at radius 3 is 2.86 bits per heavy atom. The molecule has 0 fully saturated rings. The van der Waals surface area contributed by atoms with Crippen LogP contribution in [-0.4, -0.2) is 19.1 Å². The zero-order chi connectivity index (χ0) is 10.6. The summed E-state index contributed by atoms with van der Waals surface area (Å²) in [5.74, 6) is -0.405. The van der Waals surface area contributed by atoms with Crippen molar-refractivity contribution in [2.75, 3.05) is 7.11 Å². The molecule has 0 aliphatic rings. The van der Waals surface area contributed by atoms with Crippen LogP contribution in [0.1, 0.15) is 10.4 Å². The first-order valence-electron chi connectivity index (χ1n) is 3.64. The highest BCUT2D eigenvalue weighted by molar-refractivity contribution is 6.31. The summed E-state index contributed by atoms with van der Waals surface area (Å²) in [6.07, 6.45) is 1.16. The van der Waals surface area contributed by atoms with Crippen LogP contribution in [0.4, 0.5) is 0 Å². The minimum absolute atomic E-state index is 0.142. The zero-order valence-corrected chi connectivity index (χ0v) is 8.04. The Morgan fingerprint density at radius 2 is 2.29 bits per heavy atom. The topological polar surface area (TPSA) is 55.7 Å². The van der Waals surface area contributed by atoms with E-state index in [1.807, 2.05) is 0 Å². The number of ether oxygens (including phenoxy) is 1. The van der Waals surface area contributed by atoms with E-state index in [0.29, 0.717) is 10.8 Å². The molecule has 0 radical (unpaired) electrons. The first-order chi connectivity index (χ1) is 6.69. The van der Waals surface area contributed by atoms with Gasteiger partial charge >= 0.3 is 0 Å². The lowest BCUT2D eigenvalue weighted by Crippen LogP contribution is -1.98. The average molecular weight is 212 g/mol. The van der Waals surface area contributed by atoms with Crippen molar-refractivity contribution in [1.29, 1.82) is 0 Å². The molecule has 0 unspecified atom stereocenters. The van der Waals surface area contributed by atoms with Gasteiger partial charge in [-0.05, 0) is 18.2 Å². The third kappa shape index (κ3) is 2.19. The van der Waals surface area contributed by atoms with Crippen molar-refractivity contribution in [1.82, 2.24) is 0 Å². The normalized spacial score (nSPS) is 9.00. The third-order valence-corrected chi connectivity index (χ3v) is 1.77. The molecule has 0 N–H and O–H groups in total. The molecule has 0 saturated heterocycles. The molecule has 0 heterocycles. The molecule has 0 atom stereocenters. The highest BCUT2D eigenvalue weighted by Crippen LogP contribution is 2.23. The van der Waals surface area contributed by atoms with Crippen molar-refractivity contribution in [3.05, 3.63) is 28.8 Å². The predicted molar refractivity (Wildman–Crippen MR) is 50.5 cm³/mol. The van der Waals surface area contributed by atoms with Gasteiger partial charge in [-0.2, -0.15) is 0 Å². The molecule has 0 aliphatic heterocycles. The molecule has 1 amide bonds.